The molecule has 0 aromatic carbocycles. The summed E-state index contributed by atoms with van der Waals surface area (Å²) >= 11 is 5.30. The van der Waals surface area contributed by atoms with Gasteiger partial charge in [0.1, 0.15) is 9.74 Å². The van der Waals surface area contributed by atoms with E-state index in [4.69, 9.17) is 12.2 Å². The Morgan fingerprint density at radius 1 is 1.50 bits per heavy atom. The van der Waals surface area contributed by atoms with Crippen molar-refractivity contribution < 1.29 is 8.42 Å². The van der Waals surface area contributed by atoms with Gasteiger partial charge in [-0.25, -0.2) is 8.42 Å². The Labute approximate surface area is 113 Å². The molecule has 1 aliphatic heterocycles. The highest BCUT2D eigenvalue weighted by atomic mass is 32.2. The minimum Gasteiger partial charge on any atom is -0.381 e. The summed E-state index contributed by atoms with van der Waals surface area (Å²) in [5.41, 5.74) is 0.670. The van der Waals surface area contributed by atoms with Gasteiger partial charge in [-0.2, -0.15) is 0 Å². The average Bonchev–Trinajstić information content (AvgIpc) is 2.38. The van der Waals surface area contributed by atoms with Crippen LogP contribution in [-0.4, -0.2) is 31.2 Å². The standard InChI is InChI=1S/C12H16N2O2S2/c1-13-11(17)12(10-5-4-7-14-9-10)6-2-3-8-18(12,15)16/h4-5,7,9H,2-3,6,8H2,1H3,(H,13,17)/t12-/m1/s1. The molecule has 0 radical (unpaired) electrons. The van der Waals surface area contributed by atoms with Crippen molar-refractivity contribution in [1.29, 1.82) is 0 Å². The first-order chi connectivity index (χ1) is 8.54. The predicted molar refractivity (Wildman–Crippen MR) is 75.2 cm³/mol. The van der Waals surface area contributed by atoms with E-state index in [0.717, 1.165) is 6.42 Å². The molecule has 98 valence electrons. The van der Waals surface area contributed by atoms with Crippen LogP contribution in [0.4, 0.5) is 0 Å². The normalized spacial score (nSPS) is 26.5. The molecule has 4 nitrogen and oxygen atoms in total. The van der Waals surface area contributed by atoms with Crippen LogP contribution in [0, 0.1) is 0 Å². The second-order valence-corrected chi connectivity index (χ2v) is 7.17. The third-order valence-corrected chi connectivity index (χ3v) is 6.66. The van der Waals surface area contributed by atoms with Gasteiger partial charge in [0.2, 0.25) is 0 Å². The number of thiocarbonyl (C=S) groups is 1. The Morgan fingerprint density at radius 3 is 2.83 bits per heavy atom. The number of hydrogen-bond acceptors (Lipinski definition) is 4. The van der Waals surface area contributed by atoms with Gasteiger partial charge in [-0.15, -0.1) is 0 Å². The first-order valence-electron chi connectivity index (χ1n) is 5.89. The number of hydrogen-bond donors (Lipinski definition) is 1. The first-order valence-corrected chi connectivity index (χ1v) is 7.95. The molecule has 6 heteroatoms. The minimum atomic E-state index is -3.29. The van der Waals surface area contributed by atoms with Crippen LogP contribution >= 0.6 is 12.2 Å². The lowest BCUT2D eigenvalue weighted by Gasteiger charge is -2.37. The second-order valence-electron chi connectivity index (χ2n) is 4.42. The maximum atomic E-state index is 12.5. The van der Waals surface area contributed by atoms with E-state index in [1.54, 1.807) is 31.6 Å². The molecule has 0 unspecified atom stereocenters. The molecule has 2 rings (SSSR count). The van der Waals surface area contributed by atoms with Gasteiger partial charge in [0, 0.05) is 19.4 Å². The zero-order valence-electron chi connectivity index (χ0n) is 10.2. The maximum absolute atomic E-state index is 12.5. The maximum Gasteiger partial charge on any atom is 0.166 e. The number of pyridine rings is 1. The number of rotatable bonds is 2. The minimum absolute atomic E-state index is 0.184. The smallest absolute Gasteiger partial charge is 0.166 e. The van der Waals surface area contributed by atoms with Gasteiger partial charge < -0.3 is 5.32 Å². The summed E-state index contributed by atoms with van der Waals surface area (Å²) in [7, 11) is -1.62. The molecule has 1 aromatic heterocycles. The largest absolute Gasteiger partial charge is 0.381 e. The number of nitrogens with one attached hydrogen (secondary N) is 1. The molecule has 1 aliphatic rings. The van der Waals surface area contributed by atoms with Crippen LogP contribution in [0.25, 0.3) is 0 Å². The van der Waals surface area contributed by atoms with Crippen LogP contribution in [-0.2, 0) is 14.6 Å². The highest BCUT2D eigenvalue weighted by Crippen LogP contribution is 2.40. The summed E-state index contributed by atoms with van der Waals surface area (Å²) in [5, 5.41) is 2.85. The van der Waals surface area contributed by atoms with Gasteiger partial charge in [0.25, 0.3) is 0 Å². The van der Waals surface area contributed by atoms with E-state index in [2.05, 4.69) is 10.3 Å². The van der Waals surface area contributed by atoms with Crippen molar-refractivity contribution in [2.45, 2.75) is 24.0 Å². The van der Waals surface area contributed by atoms with Crippen molar-refractivity contribution in [1.82, 2.24) is 10.3 Å². The van der Waals surface area contributed by atoms with E-state index >= 15 is 0 Å². The molecular weight excluding hydrogens is 268 g/mol. The monoisotopic (exact) mass is 284 g/mol. The molecule has 1 saturated heterocycles. The Hall–Kier alpha value is -1.01. The zero-order chi connectivity index (χ0) is 13.2. The van der Waals surface area contributed by atoms with E-state index in [1.165, 1.54) is 0 Å². The Bertz CT molecular complexity index is 542. The van der Waals surface area contributed by atoms with Gasteiger partial charge in [-0.1, -0.05) is 24.7 Å². The average molecular weight is 284 g/mol. The van der Waals surface area contributed by atoms with Crippen LogP contribution in [0.2, 0.25) is 0 Å². The highest BCUT2D eigenvalue weighted by Gasteiger charge is 2.50. The molecule has 0 amide bonds. The summed E-state index contributed by atoms with van der Waals surface area (Å²) in [6, 6.07) is 3.54. The van der Waals surface area contributed by atoms with Crippen molar-refractivity contribution in [3.63, 3.8) is 0 Å². The fourth-order valence-corrected chi connectivity index (χ4v) is 5.36. The van der Waals surface area contributed by atoms with Crippen LogP contribution in [0.1, 0.15) is 24.8 Å². The highest BCUT2D eigenvalue weighted by molar-refractivity contribution is 7.95. The number of nitrogens with zero attached hydrogens (tertiary/aromatic N) is 1. The third kappa shape index (κ3) is 1.93. The van der Waals surface area contributed by atoms with Gasteiger partial charge in [-0.05, 0) is 24.5 Å². The first kappa shape index (κ1) is 13.4. The lowest BCUT2D eigenvalue weighted by Crippen LogP contribution is -2.50. The van der Waals surface area contributed by atoms with Crippen molar-refractivity contribution in [3.8, 4) is 0 Å². The molecule has 18 heavy (non-hydrogen) atoms. The molecule has 1 N–H and O–H groups in total. The Kier molecular flexibility index (Phi) is 3.68. The molecule has 0 aliphatic carbocycles. The number of likely N-dealkylation sites (N-methyl/N-ethyl adjacent to an activating group) is 1. The van der Waals surface area contributed by atoms with Gasteiger partial charge >= 0.3 is 0 Å². The van der Waals surface area contributed by atoms with Crippen LogP contribution in [0.15, 0.2) is 24.5 Å². The molecule has 1 fully saturated rings. The van der Waals surface area contributed by atoms with Crippen LogP contribution in [0.3, 0.4) is 0 Å². The fraction of sp³-hybridized carbons (Fsp3) is 0.500. The van der Waals surface area contributed by atoms with E-state index in [-0.39, 0.29) is 5.75 Å². The molecular formula is C12H16N2O2S2. The van der Waals surface area contributed by atoms with Crippen LogP contribution in [0.5, 0.6) is 0 Å². The van der Waals surface area contributed by atoms with Crippen molar-refractivity contribution >= 4 is 27.0 Å². The zero-order valence-corrected chi connectivity index (χ0v) is 11.9. The SMILES string of the molecule is CNC(=S)[C@]1(c2cccnc2)CCCCS1(=O)=O. The van der Waals surface area contributed by atoms with Crippen molar-refractivity contribution in [3.05, 3.63) is 30.1 Å². The van der Waals surface area contributed by atoms with Gasteiger partial charge in [0.05, 0.1) is 5.75 Å². The molecule has 1 atom stereocenters. The molecule has 0 saturated carbocycles. The van der Waals surface area contributed by atoms with Gasteiger partial charge in [-0.3, -0.25) is 4.98 Å². The summed E-state index contributed by atoms with van der Waals surface area (Å²) in [6.45, 7) is 0. The quantitative estimate of drug-likeness (QED) is 0.832. The topological polar surface area (TPSA) is 59.1 Å². The summed E-state index contributed by atoms with van der Waals surface area (Å²) in [6.07, 6.45) is 5.33. The molecule has 0 bridgehead atoms. The van der Waals surface area contributed by atoms with Crippen LogP contribution < -0.4 is 5.32 Å². The lowest BCUT2D eigenvalue weighted by atomic mass is 9.93. The lowest BCUT2D eigenvalue weighted by molar-refractivity contribution is 0.514. The summed E-state index contributed by atoms with van der Waals surface area (Å²) < 4.78 is 24.0. The summed E-state index contributed by atoms with van der Waals surface area (Å²) in [4.78, 5) is 4.41. The second kappa shape index (κ2) is 4.93. The number of aromatic nitrogens is 1. The van der Waals surface area contributed by atoms with E-state index in [9.17, 15) is 8.42 Å². The van der Waals surface area contributed by atoms with E-state index in [0.29, 0.717) is 23.4 Å². The third-order valence-electron chi connectivity index (χ3n) is 3.44. The molecule has 0 spiro atoms. The summed E-state index contributed by atoms with van der Waals surface area (Å²) in [5.74, 6) is 0.184. The number of sulfone groups is 1. The van der Waals surface area contributed by atoms with Crippen molar-refractivity contribution in [2.75, 3.05) is 12.8 Å². The predicted octanol–water partition coefficient (Wildman–Crippen LogP) is 1.42. The Morgan fingerprint density at radius 2 is 2.28 bits per heavy atom. The Balaban J connectivity index is 2.65. The fourth-order valence-electron chi connectivity index (χ4n) is 2.51. The molecule has 1 aromatic rings. The van der Waals surface area contributed by atoms with E-state index < -0.39 is 14.6 Å². The molecule has 2 heterocycles. The van der Waals surface area contributed by atoms with Crippen molar-refractivity contribution in [2.24, 2.45) is 0 Å². The van der Waals surface area contributed by atoms with Gasteiger partial charge in [0.15, 0.2) is 9.84 Å². The van der Waals surface area contributed by atoms with E-state index in [1.807, 2.05) is 0 Å².